The number of aliphatic carboxylic acids is 1. The van der Waals surface area contributed by atoms with Crippen molar-refractivity contribution in [2.75, 3.05) is 0 Å². The Bertz CT molecular complexity index is 742. The van der Waals surface area contributed by atoms with Crippen molar-refractivity contribution in [3.05, 3.63) is 52.3 Å². The van der Waals surface area contributed by atoms with Crippen molar-refractivity contribution < 1.29 is 19.4 Å². The third kappa shape index (κ3) is 3.48. The van der Waals surface area contributed by atoms with Crippen LogP contribution in [-0.4, -0.2) is 23.0 Å². The molecule has 7 heteroatoms. The molecule has 4 nitrogen and oxygen atoms in total. The van der Waals surface area contributed by atoms with E-state index in [0.29, 0.717) is 35.5 Å². The highest BCUT2D eigenvalue weighted by Crippen LogP contribution is 2.69. The second kappa shape index (κ2) is 6.82. The molecule has 0 spiro atoms. The lowest BCUT2D eigenvalue weighted by atomic mass is 10.1. The Balaban J connectivity index is 1.79. The fourth-order valence-corrected chi connectivity index (χ4v) is 5.05. The number of rotatable bonds is 5. The van der Waals surface area contributed by atoms with Crippen molar-refractivity contribution in [3.63, 3.8) is 0 Å². The van der Waals surface area contributed by atoms with Crippen LogP contribution >= 0.6 is 29.8 Å². The minimum Gasteiger partial charge on any atom is -0.490 e. The molecule has 0 radical (unpaired) electrons. The van der Waals surface area contributed by atoms with Gasteiger partial charge in [-0.3, -0.25) is 9.59 Å². The van der Waals surface area contributed by atoms with E-state index in [9.17, 15) is 9.59 Å². The normalized spacial score (nSPS) is 26.0. The van der Waals surface area contributed by atoms with Crippen LogP contribution < -0.4 is 4.74 Å². The van der Waals surface area contributed by atoms with Gasteiger partial charge < -0.3 is 9.84 Å². The molecule has 2 unspecified atom stereocenters. The molecule has 0 saturated heterocycles. The molecule has 3 rings (SSSR count). The average Bonchev–Trinajstić information content (AvgIpc) is 3.13. The Labute approximate surface area is 150 Å². The molecule has 1 aliphatic heterocycles. The molecule has 128 valence electrons. The summed E-state index contributed by atoms with van der Waals surface area (Å²) in [5.41, 5.74) is 0.393. The van der Waals surface area contributed by atoms with E-state index in [1.54, 1.807) is 41.8 Å². The van der Waals surface area contributed by atoms with Crippen LogP contribution in [0.25, 0.3) is 0 Å². The molecule has 1 aromatic rings. The van der Waals surface area contributed by atoms with E-state index in [-0.39, 0.29) is 17.8 Å². The summed E-state index contributed by atoms with van der Waals surface area (Å²) in [6.07, 6.45) is 4.79. The SMILES string of the molecule is O=C(C1=CC=CS1(Cl)Cl)c1ccccc1OC1CCC(C(=O)O)C1. The number of para-hydroxylation sites is 1. The molecule has 1 aliphatic carbocycles. The molecule has 1 N–H and O–H groups in total. The van der Waals surface area contributed by atoms with Crippen molar-refractivity contribution in [2.24, 2.45) is 5.92 Å². The molecule has 1 saturated carbocycles. The summed E-state index contributed by atoms with van der Waals surface area (Å²) in [6, 6.07) is 6.91. The summed E-state index contributed by atoms with van der Waals surface area (Å²) in [4.78, 5) is 24.2. The molecule has 0 bridgehead atoms. The molecule has 0 amide bonds. The first kappa shape index (κ1) is 17.4. The molecule has 24 heavy (non-hydrogen) atoms. The first-order chi connectivity index (χ1) is 11.4. The smallest absolute Gasteiger partial charge is 0.306 e. The minimum atomic E-state index is -2.26. The van der Waals surface area contributed by atoms with Gasteiger partial charge in [0.15, 0.2) is 0 Å². The Kier molecular flexibility index (Phi) is 4.95. The van der Waals surface area contributed by atoms with Gasteiger partial charge in [0, 0.05) is 0 Å². The van der Waals surface area contributed by atoms with Gasteiger partial charge in [0.05, 0.1) is 22.5 Å². The molecule has 2 aliphatic rings. The van der Waals surface area contributed by atoms with Crippen molar-refractivity contribution in [1.29, 1.82) is 0 Å². The molecule has 1 fully saturated rings. The second-order valence-corrected chi connectivity index (χ2v) is 10.9. The Morgan fingerprint density at radius 3 is 2.58 bits per heavy atom. The molecule has 1 aromatic carbocycles. The van der Waals surface area contributed by atoms with Crippen LogP contribution in [0.5, 0.6) is 5.75 Å². The van der Waals surface area contributed by atoms with Crippen LogP contribution in [-0.2, 0) is 4.79 Å². The quantitative estimate of drug-likeness (QED) is 0.721. The maximum absolute atomic E-state index is 12.8. The third-order valence-electron chi connectivity index (χ3n) is 4.17. The number of carbonyl (C=O) groups excluding carboxylic acids is 1. The average molecular weight is 387 g/mol. The number of carboxylic acid groups (broad SMARTS) is 1. The van der Waals surface area contributed by atoms with Crippen LogP contribution in [0, 0.1) is 5.92 Å². The number of benzene rings is 1. The largest absolute Gasteiger partial charge is 0.490 e. The van der Waals surface area contributed by atoms with Crippen LogP contribution in [0.15, 0.2) is 46.7 Å². The van der Waals surface area contributed by atoms with Crippen molar-refractivity contribution in [3.8, 4) is 5.75 Å². The van der Waals surface area contributed by atoms with Crippen molar-refractivity contribution >= 4 is 41.6 Å². The molecular weight excluding hydrogens is 371 g/mol. The summed E-state index contributed by atoms with van der Waals surface area (Å²) < 4.78 is 5.93. The van der Waals surface area contributed by atoms with Gasteiger partial charge in [-0.25, -0.2) is 0 Å². The Morgan fingerprint density at radius 2 is 1.96 bits per heavy atom. The number of allylic oxidation sites excluding steroid dienone is 3. The Morgan fingerprint density at radius 1 is 1.21 bits per heavy atom. The molecule has 0 aromatic heterocycles. The van der Waals surface area contributed by atoms with Gasteiger partial charge in [0.2, 0.25) is 5.78 Å². The summed E-state index contributed by atoms with van der Waals surface area (Å²) >= 11 is 0. The van der Waals surface area contributed by atoms with E-state index in [1.807, 2.05) is 0 Å². The summed E-state index contributed by atoms with van der Waals surface area (Å²) in [7, 11) is 10.2. The van der Waals surface area contributed by atoms with E-state index in [2.05, 4.69) is 0 Å². The minimum absolute atomic E-state index is 0.208. The van der Waals surface area contributed by atoms with E-state index >= 15 is 0 Å². The molecular formula is C17H16Cl2O4S. The second-order valence-electron chi connectivity index (χ2n) is 5.78. The fourth-order valence-electron chi connectivity index (χ4n) is 2.93. The van der Waals surface area contributed by atoms with Gasteiger partial charge in [-0.05, 0) is 72.7 Å². The zero-order valence-electron chi connectivity index (χ0n) is 12.7. The maximum atomic E-state index is 12.8. The predicted molar refractivity (Wildman–Crippen MR) is 96.7 cm³/mol. The highest BCUT2D eigenvalue weighted by atomic mass is 36.0. The first-order valence-electron chi connectivity index (χ1n) is 7.52. The monoisotopic (exact) mass is 386 g/mol. The standard InChI is InChI=1S/C17H16Cl2O4S/c18-24(19)9-3-6-15(24)16(20)13-4-1-2-5-14(13)23-12-8-7-11(10-12)17(21)22/h1-6,9,11-12H,7-8,10H2,(H,21,22). The van der Waals surface area contributed by atoms with Gasteiger partial charge in [0.1, 0.15) is 5.75 Å². The fraction of sp³-hybridized carbons (Fsp3) is 0.294. The summed E-state index contributed by atoms with van der Waals surface area (Å²) in [5, 5.41) is 10.7. The van der Waals surface area contributed by atoms with Crippen LogP contribution in [0.2, 0.25) is 0 Å². The lowest BCUT2D eigenvalue weighted by Crippen LogP contribution is -2.17. The van der Waals surface area contributed by atoms with E-state index in [4.69, 9.17) is 31.2 Å². The number of ether oxygens (including phenoxy) is 1. The highest BCUT2D eigenvalue weighted by molar-refractivity contribution is 8.70. The number of hydrogen-bond acceptors (Lipinski definition) is 3. The van der Waals surface area contributed by atoms with Crippen LogP contribution in [0.4, 0.5) is 0 Å². The summed E-state index contributed by atoms with van der Waals surface area (Å²) in [5.74, 6) is -1.01. The zero-order chi connectivity index (χ0) is 17.3. The number of halogens is 2. The number of carbonyl (C=O) groups is 2. The predicted octanol–water partition coefficient (Wildman–Crippen LogP) is 5.02. The highest BCUT2D eigenvalue weighted by Gasteiger charge is 2.34. The lowest BCUT2D eigenvalue weighted by Gasteiger charge is -2.21. The van der Waals surface area contributed by atoms with Gasteiger partial charge in [-0.1, -0.05) is 18.2 Å². The van der Waals surface area contributed by atoms with Gasteiger partial charge in [-0.2, -0.15) is 0 Å². The topological polar surface area (TPSA) is 63.6 Å². The van der Waals surface area contributed by atoms with Gasteiger partial charge in [0.25, 0.3) is 0 Å². The lowest BCUT2D eigenvalue weighted by molar-refractivity contribution is -0.141. The molecule has 1 heterocycles. The Hall–Kier alpha value is -1.43. The number of ketones is 1. The van der Waals surface area contributed by atoms with Crippen LogP contribution in [0.3, 0.4) is 0 Å². The van der Waals surface area contributed by atoms with Crippen molar-refractivity contribution in [2.45, 2.75) is 25.4 Å². The van der Waals surface area contributed by atoms with Crippen LogP contribution in [0.1, 0.15) is 29.6 Å². The van der Waals surface area contributed by atoms with E-state index in [0.717, 1.165) is 0 Å². The summed E-state index contributed by atoms with van der Waals surface area (Å²) in [6.45, 7) is 0. The maximum Gasteiger partial charge on any atom is 0.306 e. The van der Waals surface area contributed by atoms with Crippen molar-refractivity contribution in [1.82, 2.24) is 0 Å². The number of Topliss-reactive ketones (excluding diaryl/α,β-unsaturated/α-hetero) is 1. The number of hydrogen-bond donors (Lipinski definition) is 1. The zero-order valence-corrected chi connectivity index (χ0v) is 15.0. The first-order valence-corrected chi connectivity index (χ1v) is 10.9. The third-order valence-corrected chi connectivity index (χ3v) is 7.19. The molecule has 2 atom stereocenters. The van der Waals surface area contributed by atoms with E-state index < -0.39 is 14.4 Å². The van der Waals surface area contributed by atoms with Gasteiger partial charge in [-0.15, -0.1) is 0 Å². The number of carboxylic acids is 1. The van der Waals surface area contributed by atoms with E-state index in [1.165, 1.54) is 0 Å². The van der Waals surface area contributed by atoms with Gasteiger partial charge >= 0.3 is 5.97 Å².